The predicted octanol–water partition coefficient (Wildman–Crippen LogP) is 2.23. The zero-order chi connectivity index (χ0) is 15.9. The lowest BCUT2D eigenvalue weighted by Gasteiger charge is -2.20. The van der Waals surface area contributed by atoms with Gasteiger partial charge in [0, 0.05) is 37.2 Å². The molecule has 1 N–H and O–H groups in total. The number of nitrogens with zero attached hydrogens (tertiary/aromatic N) is 3. The molecule has 0 aliphatic rings. The van der Waals surface area contributed by atoms with Gasteiger partial charge in [0.1, 0.15) is 0 Å². The summed E-state index contributed by atoms with van der Waals surface area (Å²) in [5.41, 5.74) is 1.65. The van der Waals surface area contributed by atoms with Gasteiger partial charge in [0.25, 0.3) is 0 Å². The van der Waals surface area contributed by atoms with Crippen LogP contribution in [0.1, 0.15) is 31.0 Å². The number of rotatable bonds is 7. The van der Waals surface area contributed by atoms with E-state index in [1.165, 1.54) is 12.3 Å². The molecule has 5 nitrogen and oxygen atoms in total. The van der Waals surface area contributed by atoms with Gasteiger partial charge in [0.15, 0.2) is 5.75 Å². The van der Waals surface area contributed by atoms with Crippen molar-refractivity contribution in [3.63, 3.8) is 0 Å². The fourth-order valence-corrected chi connectivity index (χ4v) is 2.35. The Morgan fingerprint density at radius 1 is 1.32 bits per heavy atom. The summed E-state index contributed by atoms with van der Waals surface area (Å²) in [6, 6.07) is 5.39. The van der Waals surface area contributed by atoms with E-state index in [4.69, 9.17) is 0 Å². The van der Waals surface area contributed by atoms with Crippen LogP contribution in [0.15, 0.2) is 41.6 Å². The number of unbranched alkanes of at least 4 members (excludes halogenated alkanes) is 1. The van der Waals surface area contributed by atoms with Crippen molar-refractivity contribution >= 4 is 0 Å². The van der Waals surface area contributed by atoms with Crippen LogP contribution in [-0.4, -0.2) is 33.1 Å². The molecular formula is C17H23N3O2. The van der Waals surface area contributed by atoms with Crippen molar-refractivity contribution in [3.8, 4) is 5.75 Å². The summed E-state index contributed by atoms with van der Waals surface area (Å²) in [4.78, 5) is 17.9. The summed E-state index contributed by atoms with van der Waals surface area (Å²) in [6.45, 7) is 4.43. The summed E-state index contributed by atoms with van der Waals surface area (Å²) in [7, 11) is 2.05. The molecule has 0 aromatic carbocycles. The minimum Gasteiger partial charge on any atom is -0.503 e. The normalized spacial score (nSPS) is 11.0. The molecule has 0 aliphatic heterocycles. The van der Waals surface area contributed by atoms with Crippen molar-refractivity contribution in [2.75, 3.05) is 13.6 Å². The maximum Gasteiger partial charge on any atom is 0.223 e. The molecule has 0 atom stereocenters. The molecule has 0 radical (unpaired) electrons. The molecule has 22 heavy (non-hydrogen) atoms. The number of hydrogen-bond acceptors (Lipinski definition) is 4. The van der Waals surface area contributed by atoms with E-state index in [9.17, 15) is 9.90 Å². The Bertz CT molecular complexity index is 653. The van der Waals surface area contributed by atoms with Crippen LogP contribution in [0.4, 0.5) is 0 Å². The number of pyridine rings is 2. The molecule has 2 heterocycles. The van der Waals surface area contributed by atoms with Crippen molar-refractivity contribution in [2.24, 2.45) is 0 Å². The minimum atomic E-state index is -0.329. The lowest BCUT2D eigenvalue weighted by atomic mass is 10.2. The van der Waals surface area contributed by atoms with Crippen LogP contribution in [-0.2, 0) is 13.1 Å². The quantitative estimate of drug-likeness (QED) is 0.852. The van der Waals surface area contributed by atoms with Crippen LogP contribution in [0, 0.1) is 0 Å². The molecule has 0 amide bonds. The summed E-state index contributed by atoms with van der Waals surface area (Å²) < 4.78 is 1.93. The van der Waals surface area contributed by atoms with Crippen LogP contribution in [0.2, 0.25) is 0 Å². The number of aromatic hydroxyl groups is 1. The van der Waals surface area contributed by atoms with Crippen molar-refractivity contribution in [2.45, 2.75) is 32.9 Å². The minimum absolute atomic E-state index is 0.214. The second-order valence-corrected chi connectivity index (χ2v) is 5.59. The molecule has 118 valence electrons. The van der Waals surface area contributed by atoms with Gasteiger partial charge in [0.2, 0.25) is 5.43 Å². The Morgan fingerprint density at radius 3 is 2.73 bits per heavy atom. The largest absolute Gasteiger partial charge is 0.503 e. The number of hydrogen-bond donors (Lipinski definition) is 1. The molecule has 2 rings (SSSR count). The molecule has 0 aliphatic carbocycles. The second-order valence-electron chi connectivity index (χ2n) is 5.59. The Labute approximate surface area is 130 Å². The van der Waals surface area contributed by atoms with E-state index in [1.807, 2.05) is 23.7 Å². The lowest BCUT2D eigenvalue weighted by Crippen LogP contribution is -2.23. The summed E-state index contributed by atoms with van der Waals surface area (Å²) in [5, 5.41) is 9.72. The summed E-state index contributed by atoms with van der Waals surface area (Å²) >= 11 is 0. The van der Waals surface area contributed by atoms with E-state index in [2.05, 4.69) is 16.8 Å². The molecule has 0 saturated heterocycles. The Hall–Kier alpha value is -2.14. The molecule has 5 heteroatoms. The first-order valence-corrected chi connectivity index (χ1v) is 7.60. The van der Waals surface area contributed by atoms with Crippen molar-refractivity contribution < 1.29 is 5.11 Å². The first kappa shape index (κ1) is 16.2. The first-order valence-electron chi connectivity index (χ1n) is 7.60. The summed E-state index contributed by atoms with van der Waals surface area (Å²) in [6.07, 6.45) is 7.27. The van der Waals surface area contributed by atoms with Gasteiger partial charge in [-0.2, -0.15) is 0 Å². The van der Waals surface area contributed by atoms with Crippen LogP contribution >= 0.6 is 0 Å². The van der Waals surface area contributed by atoms with Gasteiger partial charge in [-0.05, 0) is 37.7 Å². The monoisotopic (exact) mass is 301 g/mol. The Kier molecular flexibility index (Phi) is 5.72. The SMILES string of the molecule is CCCCN(C)Cc1cc(=O)c(O)cn1Cc1ccncc1. The average molecular weight is 301 g/mol. The Balaban J connectivity index is 2.23. The van der Waals surface area contributed by atoms with Crippen molar-refractivity contribution in [1.29, 1.82) is 0 Å². The van der Waals surface area contributed by atoms with Gasteiger partial charge < -0.3 is 14.6 Å². The lowest BCUT2D eigenvalue weighted by molar-refractivity contribution is 0.310. The zero-order valence-electron chi connectivity index (χ0n) is 13.2. The topological polar surface area (TPSA) is 58.4 Å². The molecule has 2 aromatic rings. The molecule has 0 saturated carbocycles. The predicted molar refractivity (Wildman–Crippen MR) is 86.9 cm³/mol. The van der Waals surface area contributed by atoms with Crippen molar-refractivity contribution in [3.05, 3.63) is 58.3 Å². The maximum atomic E-state index is 11.7. The first-order chi connectivity index (χ1) is 10.6. The van der Waals surface area contributed by atoms with Gasteiger partial charge in [-0.3, -0.25) is 9.78 Å². The zero-order valence-corrected chi connectivity index (χ0v) is 13.2. The van der Waals surface area contributed by atoms with E-state index >= 15 is 0 Å². The standard InChI is InChI=1S/C17H23N3O2/c1-3-4-9-19(2)12-15-10-16(21)17(22)13-20(15)11-14-5-7-18-8-6-14/h5-8,10,13,22H,3-4,9,11-12H2,1-2H3. The van der Waals surface area contributed by atoms with E-state index < -0.39 is 0 Å². The highest BCUT2D eigenvalue weighted by Crippen LogP contribution is 2.11. The van der Waals surface area contributed by atoms with Gasteiger partial charge in [-0.15, -0.1) is 0 Å². The fraction of sp³-hybridized carbons (Fsp3) is 0.412. The highest BCUT2D eigenvalue weighted by atomic mass is 16.3. The molecular weight excluding hydrogens is 278 g/mol. The van der Waals surface area contributed by atoms with Gasteiger partial charge in [-0.1, -0.05) is 13.3 Å². The van der Waals surface area contributed by atoms with Crippen LogP contribution in [0.3, 0.4) is 0 Å². The highest BCUT2D eigenvalue weighted by molar-refractivity contribution is 5.22. The van der Waals surface area contributed by atoms with E-state index in [0.29, 0.717) is 13.1 Å². The highest BCUT2D eigenvalue weighted by Gasteiger charge is 2.09. The molecule has 2 aromatic heterocycles. The molecule has 0 spiro atoms. The van der Waals surface area contributed by atoms with E-state index in [1.54, 1.807) is 12.4 Å². The van der Waals surface area contributed by atoms with Gasteiger partial charge in [-0.25, -0.2) is 0 Å². The molecule has 0 fully saturated rings. The third-order valence-corrected chi connectivity index (χ3v) is 3.62. The molecule has 0 unspecified atom stereocenters. The third-order valence-electron chi connectivity index (χ3n) is 3.62. The average Bonchev–Trinajstić information content (AvgIpc) is 2.51. The van der Waals surface area contributed by atoms with E-state index in [0.717, 1.165) is 30.6 Å². The van der Waals surface area contributed by atoms with Gasteiger partial charge in [0.05, 0.1) is 6.20 Å². The maximum absolute atomic E-state index is 11.7. The second kappa shape index (κ2) is 7.75. The summed E-state index contributed by atoms with van der Waals surface area (Å²) in [5.74, 6) is -0.214. The fourth-order valence-electron chi connectivity index (χ4n) is 2.35. The third kappa shape index (κ3) is 4.43. The molecule has 0 bridgehead atoms. The number of aromatic nitrogens is 2. The van der Waals surface area contributed by atoms with Crippen LogP contribution in [0.5, 0.6) is 5.75 Å². The van der Waals surface area contributed by atoms with Crippen LogP contribution < -0.4 is 5.43 Å². The van der Waals surface area contributed by atoms with Crippen LogP contribution in [0.25, 0.3) is 0 Å². The van der Waals surface area contributed by atoms with Gasteiger partial charge >= 0.3 is 0 Å². The van der Waals surface area contributed by atoms with Crippen molar-refractivity contribution in [1.82, 2.24) is 14.5 Å². The van der Waals surface area contributed by atoms with E-state index in [-0.39, 0.29) is 11.2 Å². The Morgan fingerprint density at radius 2 is 2.05 bits per heavy atom. The smallest absolute Gasteiger partial charge is 0.223 e.